The minimum absolute atomic E-state index is 0.283. The Morgan fingerprint density at radius 3 is 2.43 bits per heavy atom. The highest BCUT2D eigenvalue weighted by Crippen LogP contribution is 2.14. The van der Waals surface area contributed by atoms with Gasteiger partial charge < -0.3 is 4.79 Å². The number of Topliss-reactive ketones (excluding diaryl/α,β-unsaturated/α-hetero) is 1. The molecule has 0 bridgehead atoms. The molecule has 82 valence electrons. The number of rotatable bonds is 7. The van der Waals surface area contributed by atoms with Gasteiger partial charge >= 0.3 is 0 Å². The fourth-order valence-electron chi connectivity index (χ4n) is 1.08. The van der Waals surface area contributed by atoms with E-state index in [1.54, 1.807) is 6.92 Å². The van der Waals surface area contributed by atoms with E-state index in [1.807, 2.05) is 11.8 Å². The average molecular weight is 214 g/mol. The monoisotopic (exact) mass is 214 g/mol. The van der Waals surface area contributed by atoms with Gasteiger partial charge in [0.1, 0.15) is 5.78 Å². The first-order valence-electron chi connectivity index (χ1n) is 5.29. The van der Waals surface area contributed by atoms with Crippen LogP contribution in [-0.4, -0.2) is 16.8 Å². The molecule has 1 nitrogen and oxygen atoms in total. The Morgan fingerprint density at radius 2 is 1.93 bits per heavy atom. The van der Waals surface area contributed by atoms with Crippen LogP contribution in [0.1, 0.15) is 47.0 Å². The summed E-state index contributed by atoms with van der Waals surface area (Å²) >= 11 is 1.99. The van der Waals surface area contributed by atoms with Crippen LogP contribution < -0.4 is 0 Å². The van der Waals surface area contributed by atoms with Crippen molar-refractivity contribution in [3.05, 3.63) is 11.6 Å². The summed E-state index contributed by atoms with van der Waals surface area (Å²) in [6, 6.07) is 0. The van der Waals surface area contributed by atoms with E-state index in [-0.39, 0.29) is 5.78 Å². The molecule has 0 fully saturated rings. The van der Waals surface area contributed by atoms with Crippen molar-refractivity contribution in [3.63, 3.8) is 0 Å². The summed E-state index contributed by atoms with van der Waals surface area (Å²) in [7, 11) is 0. The Labute approximate surface area is 92.3 Å². The number of thioether (sulfide) groups is 1. The number of carbonyl (C=O) groups excluding carboxylic acids is 1. The molecule has 14 heavy (non-hydrogen) atoms. The highest BCUT2D eigenvalue weighted by molar-refractivity contribution is 7.99. The third-order valence-corrected chi connectivity index (χ3v) is 3.04. The number of allylic oxidation sites excluding steroid dienone is 2. The van der Waals surface area contributed by atoms with E-state index in [0.717, 1.165) is 18.1 Å². The van der Waals surface area contributed by atoms with Gasteiger partial charge in [0, 0.05) is 6.42 Å². The molecule has 0 N–H and O–H groups in total. The van der Waals surface area contributed by atoms with Crippen LogP contribution in [0.3, 0.4) is 0 Å². The number of ketones is 1. The van der Waals surface area contributed by atoms with Crippen LogP contribution in [0.2, 0.25) is 0 Å². The van der Waals surface area contributed by atoms with E-state index in [4.69, 9.17) is 0 Å². The van der Waals surface area contributed by atoms with Crippen molar-refractivity contribution in [2.45, 2.75) is 52.2 Å². The lowest BCUT2D eigenvalue weighted by Crippen LogP contribution is -1.91. The Hall–Kier alpha value is -0.240. The van der Waals surface area contributed by atoms with Crippen molar-refractivity contribution in [2.75, 3.05) is 5.75 Å². The lowest BCUT2D eigenvalue weighted by molar-refractivity contribution is -0.116. The van der Waals surface area contributed by atoms with Crippen LogP contribution in [0, 0.1) is 0 Å². The van der Waals surface area contributed by atoms with Crippen molar-refractivity contribution >= 4 is 17.5 Å². The molecule has 0 radical (unpaired) electrons. The zero-order chi connectivity index (χ0) is 11.0. The first-order valence-corrected chi connectivity index (χ1v) is 6.34. The number of carbonyl (C=O) groups is 1. The molecule has 0 amide bonds. The van der Waals surface area contributed by atoms with Crippen molar-refractivity contribution in [1.82, 2.24) is 0 Å². The molecule has 2 heteroatoms. The summed E-state index contributed by atoms with van der Waals surface area (Å²) in [6.07, 6.45) is 4.95. The van der Waals surface area contributed by atoms with E-state index in [9.17, 15) is 4.79 Å². The molecule has 0 saturated heterocycles. The van der Waals surface area contributed by atoms with Gasteiger partial charge in [-0.05, 0) is 37.7 Å². The fraction of sp³-hybridized carbons (Fsp3) is 0.750. The maximum atomic E-state index is 10.7. The molecule has 0 aliphatic carbocycles. The molecular formula is C12H22OS. The van der Waals surface area contributed by atoms with Gasteiger partial charge in [0.15, 0.2) is 0 Å². The van der Waals surface area contributed by atoms with Crippen LogP contribution >= 0.6 is 11.8 Å². The number of hydrogen-bond acceptors (Lipinski definition) is 2. The van der Waals surface area contributed by atoms with Gasteiger partial charge in [-0.3, -0.25) is 0 Å². The molecule has 0 rings (SSSR count). The largest absolute Gasteiger partial charge is 0.300 e. The Bertz CT molecular complexity index is 194. The summed E-state index contributed by atoms with van der Waals surface area (Å²) in [5.74, 6) is 1.48. The second-order valence-electron chi connectivity index (χ2n) is 3.96. The highest BCUT2D eigenvalue weighted by atomic mass is 32.2. The van der Waals surface area contributed by atoms with E-state index in [1.165, 1.54) is 11.3 Å². The van der Waals surface area contributed by atoms with Crippen LogP contribution in [0.5, 0.6) is 0 Å². The molecule has 0 aromatic carbocycles. The molecule has 0 atom stereocenters. The van der Waals surface area contributed by atoms with Gasteiger partial charge in [-0.1, -0.05) is 25.5 Å². The maximum absolute atomic E-state index is 10.7. The Balaban J connectivity index is 3.51. The highest BCUT2D eigenvalue weighted by Gasteiger charge is 1.96. The molecule has 0 saturated carbocycles. The van der Waals surface area contributed by atoms with Gasteiger partial charge in [-0.2, -0.15) is 11.8 Å². The molecule has 0 aromatic rings. The quantitative estimate of drug-likeness (QED) is 0.599. The molecule has 0 aliphatic rings. The van der Waals surface area contributed by atoms with Crippen molar-refractivity contribution < 1.29 is 4.79 Å². The van der Waals surface area contributed by atoms with E-state index in [2.05, 4.69) is 26.8 Å². The summed E-state index contributed by atoms with van der Waals surface area (Å²) in [5.41, 5.74) is 1.42. The normalized spacial score (nSPS) is 12.2. The SMILES string of the molecule is CC(=O)CCC=C(C)CCSC(C)C. The average Bonchev–Trinajstić information content (AvgIpc) is 2.02. The molecule has 0 heterocycles. The van der Waals surface area contributed by atoms with Crippen LogP contribution in [0.25, 0.3) is 0 Å². The summed E-state index contributed by atoms with van der Waals surface area (Å²) in [4.78, 5) is 10.7. The second kappa shape index (κ2) is 8.10. The molecule has 0 aliphatic heterocycles. The van der Waals surface area contributed by atoms with Crippen molar-refractivity contribution in [1.29, 1.82) is 0 Å². The topological polar surface area (TPSA) is 17.1 Å². The Kier molecular flexibility index (Phi) is 7.96. The van der Waals surface area contributed by atoms with E-state index in [0.29, 0.717) is 6.42 Å². The summed E-state index contributed by atoms with van der Waals surface area (Å²) in [5, 5.41) is 0.722. The smallest absolute Gasteiger partial charge is 0.130 e. The first kappa shape index (κ1) is 13.8. The van der Waals surface area contributed by atoms with Gasteiger partial charge in [0.05, 0.1) is 0 Å². The van der Waals surface area contributed by atoms with Gasteiger partial charge in [-0.25, -0.2) is 0 Å². The van der Waals surface area contributed by atoms with Crippen LogP contribution in [0.4, 0.5) is 0 Å². The summed E-state index contributed by atoms with van der Waals surface area (Å²) in [6.45, 7) is 8.25. The molecule has 0 spiro atoms. The second-order valence-corrected chi connectivity index (χ2v) is 5.65. The Morgan fingerprint density at radius 1 is 1.29 bits per heavy atom. The first-order chi connectivity index (χ1) is 6.52. The van der Waals surface area contributed by atoms with Crippen LogP contribution in [0.15, 0.2) is 11.6 Å². The lowest BCUT2D eigenvalue weighted by atomic mass is 10.1. The minimum atomic E-state index is 0.283. The third kappa shape index (κ3) is 9.85. The molecule has 0 aromatic heterocycles. The van der Waals surface area contributed by atoms with E-state index >= 15 is 0 Å². The maximum Gasteiger partial charge on any atom is 0.130 e. The fourth-order valence-corrected chi connectivity index (χ4v) is 1.99. The minimum Gasteiger partial charge on any atom is -0.300 e. The zero-order valence-corrected chi connectivity index (χ0v) is 10.6. The third-order valence-electron chi connectivity index (χ3n) is 1.94. The number of hydrogen-bond donors (Lipinski definition) is 0. The van der Waals surface area contributed by atoms with Crippen LogP contribution in [-0.2, 0) is 4.79 Å². The predicted octanol–water partition coefficient (Wildman–Crippen LogP) is 3.83. The van der Waals surface area contributed by atoms with Crippen molar-refractivity contribution in [2.24, 2.45) is 0 Å². The van der Waals surface area contributed by atoms with E-state index < -0.39 is 0 Å². The summed E-state index contributed by atoms with van der Waals surface area (Å²) < 4.78 is 0. The standard InChI is InChI=1S/C12H22OS/c1-10(2)14-9-8-11(3)6-5-7-12(4)13/h6,10H,5,7-9H2,1-4H3. The van der Waals surface area contributed by atoms with Crippen molar-refractivity contribution in [3.8, 4) is 0 Å². The van der Waals surface area contributed by atoms with Gasteiger partial charge in [-0.15, -0.1) is 0 Å². The zero-order valence-electron chi connectivity index (χ0n) is 9.80. The molecular weight excluding hydrogens is 192 g/mol. The van der Waals surface area contributed by atoms with Gasteiger partial charge in [0.2, 0.25) is 0 Å². The lowest BCUT2D eigenvalue weighted by Gasteiger charge is -2.04. The molecule has 0 unspecified atom stereocenters. The predicted molar refractivity (Wildman–Crippen MR) is 65.9 cm³/mol. The van der Waals surface area contributed by atoms with Gasteiger partial charge in [0.25, 0.3) is 0 Å².